The van der Waals surface area contributed by atoms with Crippen LogP contribution in [0.15, 0.2) is 47.0 Å². The van der Waals surface area contributed by atoms with E-state index in [9.17, 15) is 4.79 Å². The Labute approximate surface area is 169 Å². The average Bonchev–Trinajstić information content (AvgIpc) is 3.20. The van der Waals surface area contributed by atoms with Crippen LogP contribution in [0.1, 0.15) is 27.2 Å². The van der Waals surface area contributed by atoms with E-state index in [-0.39, 0.29) is 5.91 Å². The Bertz CT molecular complexity index is 1080. The van der Waals surface area contributed by atoms with Crippen LogP contribution in [0.5, 0.6) is 5.75 Å². The highest BCUT2D eigenvalue weighted by Crippen LogP contribution is 2.38. The second-order valence-electron chi connectivity index (χ2n) is 7.69. The first-order chi connectivity index (χ1) is 14.1. The van der Waals surface area contributed by atoms with Crippen LogP contribution in [0.2, 0.25) is 0 Å². The summed E-state index contributed by atoms with van der Waals surface area (Å²) in [6.45, 7) is 7.46. The summed E-state index contributed by atoms with van der Waals surface area (Å²) in [6, 6.07) is 14.2. The van der Waals surface area contributed by atoms with E-state index in [0.29, 0.717) is 31.2 Å². The lowest BCUT2D eigenvalue weighted by Crippen LogP contribution is -2.49. The summed E-state index contributed by atoms with van der Waals surface area (Å²) in [4.78, 5) is 17.4. The van der Waals surface area contributed by atoms with Crippen molar-refractivity contribution in [3.63, 3.8) is 0 Å². The zero-order valence-electron chi connectivity index (χ0n) is 16.6. The number of carbonyl (C=O) groups is 1. The van der Waals surface area contributed by atoms with E-state index in [1.807, 2.05) is 29.2 Å². The Balaban J connectivity index is 1.34. The summed E-state index contributed by atoms with van der Waals surface area (Å²) >= 11 is 0. The van der Waals surface area contributed by atoms with E-state index in [1.54, 1.807) is 0 Å². The third kappa shape index (κ3) is 3.05. The highest BCUT2D eigenvalue weighted by atomic mass is 16.5. The van der Waals surface area contributed by atoms with Gasteiger partial charge in [-0.1, -0.05) is 29.4 Å². The van der Waals surface area contributed by atoms with Gasteiger partial charge in [-0.3, -0.25) is 4.79 Å². The van der Waals surface area contributed by atoms with Gasteiger partial charge in [-0.05, 0) is 43.2 Å². The molecule has 3 aromatic rings. The van der Waals surface area contributed by atoms with Gasteiger partial charge in [0.05, 0.1) is 11.1 Å². The van der Waals surface area contributed by atoms with Crippen molar-refractivity contribution in [2.75, 3.05) is 31.1 Å². The molecular weight excluding hydrogens is 366 g/mol. The molecule has 1 aromatic heterocycles. The Kier molecular flexibility index (Phi) is 4.27. The fraction of sp³-hybridized carbons (Fsp3) is 0.304. The molecule has 29 heavy (non-hydrogen) atoms. The second-order valence-corrected chi connectivity index (χ2v) is 7.69. The van der Waals surface area contributed by atoms with Crippen LogP contribution >= 0.6 is 0 Å². The monoisotopic (exact) mass is 389 g/mol. The molecule has 148 valence electrons. The highest BCUT2D eigenvalue weighted by Gasteiger charge is 2.32. The van der Waals surface area contributed by atoms with Crippen molar-refractivity contribution < 1.29 is 14.1 Å². The Morgan fingerprint density at radius 3 is 2.66 bits per heavy atom. The summed E-state index contributed by atoms with van der Waals surface area (Å²) in [5.74, 6) is 1.32. The van der Waals surface area contributed by atoms with E-state index < -0.39 is 0 Å². The lowest BCUT2D eigenvalue weighted by molar-refractivity contribution is 0.0734. The number of anilines is 1. The van der Waals surface area contributed by atoms with Gasteiger partial charge in [0, 0.05) is 31.9 Å². The lowest BCUT2D eigenvalue weighted by atomic mass is 10.0. The molecule has 2 aliphatic rings. The predicted octanol–water partition coefficient (Wildman–Crippen LogP) is 3.81. The molecule has 0 spiro atoms. The van der Waals surface area contributed by atoms with Crippen molar-refractivity contribution in [1.82, 2.24) is 10.1 Å². The maximum atomic E-state index is 13.1. The van der Waals surface area contributed by atoms with E-state index in [1.165, 1.54) is 16.8 Å². The number of aromatic nitrogens is 1. The zero-order chi connectivity index (χ0) is 20.0. The summed E-state index contributed by atoms with van der Waals surface area (Å²) in [5.41, 5.74) is 5.72. The van der Waals surface area contributed by atoms with Crippen LogP contribution in [0, 0.1) is 13.8 Å². The molecule has 0 saturated carbocycles. The molecule has 0 N–H and O–H groups in total. The van der Waals surface area contributed by atoms with Gasteiger partial charge in [0.25, 0.3) is 5.91 Å². The second kappa shape index (κ2) is 6.95. The average molecular weight is 389 g/mol. The van der Waals surface area contributed by atoms with E-state index in [2.05, 4.69) is 42.1 Å². The predicted molar refractivity (Wildman–Crippen MR) is 110 cm³/mol. The van der Waals surface area contributed by atoms with Crippen molar-refractivity contribution >= 4 is 11.6 Å². The van der Waals surface area contributed by atoms with E-state index in [4.69, 9.17) is 9.26 Å². The number of hydrogen-bond acceptors (Lipinski definition) is 5. The number of benzene rings is 2. The molecule has 6 heteroatoms. The molecule has 5 rings (SSSR count). The highest BCUT2D eigenvalue weighted by molar-refractivity contribution is 5.95. The Hall–Kier alpha value is -3.28. The van der Waals surface area contributed by atoms with Gasteiger partial charge in [-0.25, -0.2) is 0 Å². The minimum absolute atomic E-state index is 0.0846. The maximum Gasteiger partial charge on any atom is 0.276 e. The molecule has 0 bridgehead atoms. The SMILES string of the molecule is Cc1ccc(C)c(N2CCN(C(=O)c3noc4c3COc3ccccc3-4)CC2)c1. The number of nitrogens with zero attached hydrogens (tertiary/aromatic N) is 3. The first-order valence-corrected chi connectivity index (χ1v) is 9.94. The van der Waals surface area contributed by atoms with E-state index >= 15 is 0 Å². The molecule has 3 heterocycles. The van der Waals surface area contributed by atoms with Crippen LogP contribution in [0.4, 0.5) is 5.69 Å². The minimum atomic E-state index is -0.0846. The number of ether oxygens (including phenoxy) is 1. The van der Waals surface area contributed by atoms with Gasteiger partial charge in [0.1, 0.15) is 12.4 Å². The summed E-state index contributed by atoms with van der Waals surface area (Å²) in [6.07, 6.45) is 0. The normalized spacial score (nSPS) is 15.5. The molecule has 1 saturated heterocycles. The van der Waals surface area contributed by atoms with Gasteiger partial charge in [0.15, 0.2) is 11.5 Å². The number of piperazine rings is 1. The molecule has 0 unspecified atom stereocenters. The van der Waals surface area contributed by atoms with Crippen molar-refractivity contribution in [3.05, 3.63) is 64.8 Å². The van der Waals surface area contributed by atoms with Crippen LogP contribution in [0.25, 0.3) is 11.3 Å². The number of fused-ring (bicyclic) bond motifs is 3. The quantitative estimate of drug-likeness (QED) is 0.667. The van der Waals surface area contributed by atoms with Gasteiger partial charge in [0.2, 0.25) is 0 Å². The molecule has 0 radical (unpaired) electrons. The van der Waals surface area contributed by atoms with Crippen LogP contribution in [-0.2, 0) is 6.61 Å². The van der Waals surface area contributed by atoms with Crippen molar-refractivity contribution in [3.8, 4) is 17.1 Å². The number of aryl methyl sites for hydroxylation is 2. The molecule has 0 aliphatic carbocycles. The number of para-hydroxylation sites is 1. The van der Waals surface area contributed by atoms with Crippen LogP contribution < -0.4 is 9.64 Å². The van der Waals surface area contributed by atoms with Crippen molar-refractivity contribution in [2.24, 2.45) is 0 Å². The van der Waals surface area contributed by atoms with Crippen LogP contribution in [-0.4, -0.2) is 42.1 Å². The van der Waals surface area contributed by atoms with Crippen molar-refractivity contribution in [1.29, 1.82) is 0 Å². The first-order valence-electron chi connectivity index (χ1n) is 9.94. The van der Waals surface area contributed by atoms with Gasteiger partial charge < -0.3 is 19.1 Å². The van der Waals surface area contributed by atoms with Gasteiger partial charge in [-0.15, -0.1) is 0 Å². The molecule has 6 nitrogen and oxygen atoms in total. The third-order valence-corrected chi connectivity index (χ3v) is 5.77. The standard InChI is InChI=1S/C23H23N3O3/c1-15-7-8-16(2)19(13-15)25-9-11-26(12-10-25)23(27)21-18-14-28-20-6-4-3-5-17(20)22(18)29-24-21/h3-8,13H,9-12,14H2,1-2H3. The Morgan fingerprint density at radius 1 is 1.03 bits per heavy atom. The number of amides is 1. The fourth-order valence-corrected chi connectivity index (χ4v) is 4.11. The summed E-state index contributed by atoms with van der Waals surface area (Å²) in [5, 5.41) is 4.11. The third-order valence-electron chi connectivity index (χ3n) is 5.77. The Morgan fingerprint density at radius 2 is 1.83 bits per heavy atom. The fourth-order valence-electron chi connectivity index (χ4n) is 4.11. The summed E-state index contributed by atoms with van der Waals surface area (Å²) < 4.78 is 11.4. The van der Waals surface area contributed by atoms with Crippen molar-refractivity contribution in [2.45, 2.75) is 20.5 Å². The maximum absolute atomic E-state index is 13.1. The number of hydrogen-bond donors (Lipinski definition) is 0. The lowest BCUT2D eigenvalue weighted by Gasteiger charge is -2.36. The molecule has 2 aliphatic heterocycles. The summed E-state index contributed by atoms with van der Waals surface area (Å²) in [7, 11) is 0. The van der Waals surface area contributed by atoms with Crippen LogP contribution in [0.3, 0.4) is 0 Å². The topological polar surface area (TPSA) is 58.8 Å². The number of rotatable bonds is 2. The van der Waals surface area contributed by atoms with Gasteiger partial charge in [-0.2, -0.15) is 0 Å². The van der Waals surface area contributed by atoms with E-state index in [0.717, 1.165) is 30.0 Å². The molecule has 1 amide bonds. The molecule has 0 atom stereocenters. The van der Waals surface area contributed by atoms with Gasteiger partial charge >= 0.3 is 0 Å². The largest absolute Gasteiger partial charge is 0.488 e. The first kappa shape index (κ1) is 17.8. The molecular formula is C23H23N3O3. The minimum Gasteiger partial charge on any atom is -0.488 e. The molecule has 1 fully saturated rings. The number of carbonyl (C=O) groups excluding carboxylic acids is 1. The molecule has 2 aromatic carbocycles. The zero-order valence-corrected chi connectivity index (χ0v) is 16.6. The smallest absolute Gasteiger partial charge is 0.276 e.